The average molecular weight is 395 g/mol. The molecule has 2 heterocycles. The number of hydrogen-bond donors (Lipinski definition) is 1. The first-order chi connectivity index (χ1) is 13.7. The quantitative estimate of drug-likeness (QED) is 0.680. The van der Waals surface area contributed by atoms with Gasteiger partial charge in [-0.05, 0) is 48.7 Å². The van der Waals surface area contributed by atoms with Crippen LogP contribution >= 0.6 is 11.6 Å². The number of pyridine rings is 1. The zero-order chi connectivity index (χ0) is 19.4. The van der Waals surface area contributed by atoms with E-state index in [4.69, 9.17) is 11.6 Å². The number of halogens is 1. The van der Waals surface area contributed by atoms with Crippen molar-refractivity contribution in [1.82, 2.24) is 20.1 Å². The summed E-state index contributed by atoms with van der Waals surface area (Å²) in [7, 11) is 0. The molecular weight excluding hydrogens is 372 g/mol. The highest BCUT2D eigenvalue weighted by Crippen LogP contribution is 2.41. The molecule has 0 aliphatic heterocycles. The number of hydrogen-bond acceptors (Lipinski definition) is 3. The molecule has 1 fully saturated rings. The van der Waals surface area contributed by atoms with Crippen LogP contribution in [0.15, 0.2) is 61.1 Å². The third-order valence-electron chi connectivity index (χ3n) is 5.53. The Balaban J connectivity index is 1.39. The van der Waals surface area contributed by atoms with Crippen LogP contribution in [0.5, 0.6) is 0 Å². The van der Waals surface area contributed by atoms with E-state index in [0.717, 1.165) is 42.5 Å². The number of nitrogens with one attached hydrogen (secondary N) is 1. The van der Waals surface area contributed by atoms with Gasteiger partial charge in [0.05, 0.1) is 17.7 Å². The van der Waals surface area contributed by atoms with E-state index in [1.807, 2.05) is 53.3 Å². The first kappa shape index (κ1) is 18.7. The second kappa shape index (κ2) is 8.15. The monoisotopic (exact) mass is 394 g/mol. The topological polar surface area (TPSA) is 59.8 Å². The maximum atomic E-state index is 13.1. The lowest BCUT2D eigenvalue weighted by atomic mass is 9.78. The molecule has 0 unspecified atom stereocenters. The van der Waals surface area contributed by atoms with Gasteiger partial charge in [-0.1, -0.05) is 36.6 Å². The molecule has 4 rings (SSSR count). The van der Waals surface area contributed by atoms with Crippen LogP contribution in [0.25, 0.3) is 11.3 Å². The van der Waals surface area contributed by atoms with E-state index in [0.29, 0.717) is 18.1 Å². The van der Waals surface area contributed by atoms with Crippen molar-refractivity contribution in [1.29, 1.82) is 0 Å². The van der Waals surface area contributed by atoms with Gasteiger partial charge in [-0.15, -0.1) is 0 Å². The van der Waals surface area contributed by atoms with Gasteiger partial charge in [0.25, 0.3) is 0 Å². The third kappa shape index (κ3) is 3.80. The third-order valence-corrected chi connectivity index (χ3v) is 5.78. The lowest BCUT2D eigenvalue weighted by Crippen LogP contribution is -2.43. The molecule has 5 nitrogen and oxygen atoms in total. The lowest BCUT2D eigenvalue weighted by Gasteiger charge is -2.28. The van der Waals surface area contributed by atoms with Gasteiger partial charge < -0.3 is 5.32 Å². The predicted molar refractivity (Wildman–Crippen MR) is 110 cm³/mol. The van der Waals surface area contributed by atoms with Gasteiger partial charge in [0.15, 0.2) is 0 Å². The molecule has 3 aromatic rings. The summed E-state index contributed by atoms with van der Waals surface area (Å²) in [4.78, 5) is 17.1. The van der Waals surface area contributed by atoms with Crippen LogP contribution in [0.1, 0.15) is 31.2 Å². The molecule has 6 heteroatoms. The Bertz CT molecular complexity index is 931. The molecule has 1 saturated carbocycles. The van der Waals surface area contributed by atoms with E-state index in [-0.39, 0.29) is 5.91 Å². The molecule has 1 aliphatic carbocycles. The summed E-state index contributed by atoms with van der Waals surface area (Å²) < 4.78 is 1.86. The molecule has 0 spiro atoms. The maximum Gasteiger partial charge on any atom is 0.230 e. The van der Waals surface area contributed by atoms with Crippen LogP contribution in [0.4, 0.5) is 0 Å². The zero-order valence-electron chi connectivity index (χ0n) is 15.6. The number of aromatic nitrogens is 3. The Kier molecular flexibility index (Phi) is 5.44. The van der Waals surface area contributed by atoms with Crippen molar-refractivity contribution in [2.45, 2.75) is 37.6 Å². The zero-order valence-corrected chi connectivity index (χ0v) is 16.4. The standard InChI is InChI=1S/C22H23ClN4O/c23-19-5-3-18(4-6-19)22(10-1-2-11-22)21(28)25-14-16-27-15-9-20(26-27)17-7-12-24-13-8-17/h3-9,12-13,15H,1-2,10-11,14,16H2,(H,25,28). The molecule has 144 valence electrons. The number of nitrogens with zero attached hydrogens (tertiary/aromatic N) is 3. The molecule has 0 atom stereocenters. The number of amides is 1. The van der Waals surface area contributed by atoms with Gasteiger partial charge in [0.1, 0.15) is 0 Å². The van der Waals surface area contributed by atoms with Crippen molar-refractivity contribution in [2.75, 3.05) is 6.54 Å². The van der Waals surface area contributed by atoms with Crippen molar-refractivity contribution in [3.05, 3.63) is 71.6 Å². The van der Waals surface area contributed by atoms with Crippen molar-refractivity contribution in [3.8, 4) is 11.3 Å². The van der Waals surface area contributed by atoms with Crippen molar-refractivity contribution >= 4 is 17.5 Å². The Morgan fingerprint density at radius 2 is 1.79 bits per heavy atom. The highest BCUT2D eigenvalue weighted by atomic mass is 35.5. The molecule has 0 saturated heterocycles. The number of benzene rings is 1. The second-order valence-corrected chi connectivity index (χ2v) is 7.69. The van der Waals surface area contributed by atoms with E-state index in [1.165, 1.54) is 0 Å². The summed E-state index contributed by atoms with van der Waals surface area (Å²) in [6.45, 7) is 1.18. The Hall–Kier alpha value is -2.66. The Morgan fingerprint density at radius 1 is 1.07 bits per heavy atom. The van der Waals surface area contributed by atoms with Crippen molar-refractivity contribution in [2.24, 2.45) is 0 Å². The molecule has 1 aromatic carbocycles. The fourth-order valence-electron chi connectivity index (χ4n) is 4.01. The SMILES string of the molecule is O=C(NCCn1ccc(-c2ccncc2)n1)C1(c2ccc(Cl)cc2)CCCC1. The fourth-order valence-corrected chi connectivity index (χ4v) is 4.14. The van der Waals surface area contributed by atoms with Gasteiger partial charge >= 0.3 is 0 Å². The smallest absolute Gasteiger partial charge is 0.230 e. The molecule has 2 aromatic heterocycles. The summed E-state index contributed by atoms with van der Waals surface area (Å²) in [5.41, 5.74) is 2.57. The number of carbonyl (C=O) groups excluding carboxylic acids is 1. The Morgan fingerprint density at radius 3 is 2.50 bits per heavy atom. The molecule has 1 N–H and O–H groups in total. The van der Waals surface area contributed by atoms with E-state index >= 15 is 0 Å². The average Bonchev–Trinajstić information content (AvgIpc) is 3.40. The van der Waals surface area contributed by atoms with Crippen molar-refractivity contribution < 1.29 is 4.79 Å². The number of rotatable bonds is 6. The van der Waals surface area contributed by atoms with Gasteiger partial charge in [-0.3, -0.25) is 14.5 Å². The van der Waals surface area contributed by atoms with Crippen LogP contribution in [0.2, 0.25) is 5.02 Å². The van der Waals surface area contributed by atoms with Crippen LogP contribution in [0.3, 0.4) is 0 Å². The van der Waals surface area contributed by atoms with Gasteiger partial charge in [0, 0.05) is 35.7 Å². The normalized spacial score (nSPS) is 15.5. The van der Waals surface area contributed by atoms with Crippen molar-refractivity contribution in [3.63, 3.8) is 0 Å². The second-order valence-electron chi connectivity index (χ2n) is 7.25. The van der Waals surface area contributed by atoms with Gasteiger partial charge in [-0.2, -0.15) is 5.10 Å². The van der Waals surface area contributed by atoms with E-state index in [9.17, 15) is 4.79 Å². The molecule has 0 radical (unpaired) electrons. The van der Waals surface area contributed by atoms with E-state index in [1.54, 1.807) is 12.4 Å². The molecule has 1 amide bonds. The highest BCUT2D eigenvalue weighted by Gasteiger charge is 2.42. The summed E-state index contributed by atoms with van der Waals surface area (Å²) in [6.07, 6.45) is 9.36. The molecule has 28 heavy (non-hydrogen) atoms. The van der Waals surface area contributed by atoms with Crippen LogP contribution in [0, 0.1) is 0 Å². The minimum absolute atomic E-state index is 0.105. The summed E-state index contributed by atoms with van der Waals surface area (Å²) in [6, 6.07) is 13.6. The lowest BCUT2D eigenvalue weighted by molar-refractivity contribution is -0.126. The van der Waals surface area contributed by atoms with Crippen LogP contribution in [-0.2, 0) is 16.8 Å². The maximum absolute atomic E-state index is 13.1. The molecule has 1 aliphatic rings. The largest absolute Gasteiger partial charge is 0.353 e. The summed E-state index contributed by atoms with van der Waals surface area (Å²) in [5.74, 6) is 0.105. The van der Waals surface area contributed by atoms with Gasteiger partial charge in [-0.25, -0.2) is 0 Å². The first-order valence-electron chi connectivity index (χ1n) is 9.66. The molecule has 0 bridgehead atoms. The fraction of sp³-hybridized carbons (Fsp3) is 0.318. The minimum atomic E-state index is -0.434. The van der Waals surface area contributed by atoms with Crippen LogP contribution < -0.4 is 5.32 Å². The van der Waals surface area contributed by atoms with E-state index in [2.05, 4.69) is 15.4 Å². The van der Waals surface area contributed by atoms with Crippen LogP contribution in [-0.4, -0.2) is 27.2 Å². The molecular formula is C22H23ClN4O. The van der Waals surface area contributed by atoms with Gasteiger partial charge in [0.2, 0.25) is 5.91 Å². The summed E-state index contributed by atoms with van der Waals surface area (Å²) in [5, 5.41) is 8.41. The Labute approximate surface area is 169 Å². The number of carbonyl (C=O) groups is 1. The first-order valence-corrected chi connectivity index (χ1v) is 10.0. The van der Waals surface area contributed by atoms with E-state index < -0.39 is 5.41 Å². The highest BCUT2D eigenvalue weighted by molar-refractivity contribution is 6.30. The summed E-state index contributed by atoms with van der Waals surface area (Å²) >= 11 is 6.03. The minimum Gasteiger partial charge on any atom is -0.353 e. The predicted octanol–water partition coefficient (Wildman–Crippen LogP) is 4.23.